The first-order valence-corrected chi connectivity index (χ1v) is 21.5. The summed E-state index contributed by atoms with van der Waals surface area (Å²) in [6.45, 7) is 2.78. The van der Waals surface area contributed by atoms with Crippen molar-refractivity contribution in [2.75, 3.05) is 64.1 Å². The lowest BCUT2D eigenvalue weighted by Crippen LogP contribution is -2.36. The molecule has 14 heteroatoms. The molecule has 3 rings (SSSR count). The molecule has 2 saturated heterocycles. The first-order valence-electron chi connectivity index (χ1n) is 19.3. The molecule has 4 atom stereocenters. The molecule has 2 heterocycles. The maximum absolute atomic E-state index is 12.2. The Morgan fingerprint density at radius 1 is 0.865 bits per heavy atom. The number of aliphatic hydroxyl groups excluding tert-OH is 1. The van der Waals surface area contributed by atoms with Crippen molar-refractivity contribution in [3.63, 3.8) is 0 Å². The molecule has 0 bridgehead atoms. The summed E-state index contributed by atoms with van der Waals surface area (Å²) in [5.41, 5.74) is 1.15. The highest BCUT2D eigenvalue weighted by molar-refractivity contribution is 8.00. The highest BCUT2D eigenvalue weighted by Gasteiger charge is 2.42. The minimum Gasteiger partial charge on any atom is -0.491 e. The number of likely N-dealkylation sites (N-methyl/N-ethyl adjacent to an activating group) is 1. The molecule has 0 aromatic heterocycles. The van der Waals surface area contributed by atoms with Gasteiger partial charge in [0.2, 0.25) is 17.7 Å². The molecule has 0 spiro atoms. The van der Waals surface area contributed by atoms with E-state index in [1.807, 2.05) is 60.7 Å². The summed E-state index contributed by atoms with van der Waals surface area (Å²) < 4.78 is 5.88. The predicted octanol–water partition coefficient (Wildman–Crippen LogP) is 3.85. The number of carbonyl (C=O) groups is 4. The summed E-state index contributed by atoms with van der Waals surface area (Å²) >= 11 is 3.74. The highest BCUT2D eigenvalue weighted by Crippen LogP contribution is 2.33. The first-order chi connectivity index (χ1) is 25.2. The van der Waals surface area contributed by atoms with Gasteiger partial charge in [0, 0.05) is 62.2 Å². The summed E-state index contributed by atoms with van der Waals surface area (Å²) in [5, 5.41) is 25.5. The number of ether oxygens (including phenoxy) is 1. The average Bonchev–Trinajstić information content (AvgIpc) is 3.67. The van der Waals surface area contributed by atoms with E-state index in [1.165, 1.54) is 0 Å². The molecule has 2 fully saturated rings. The van der Waals surface area contributed by atoms with Crippen molar-refractivity contribution in [3.05, 3.63) is 29.8 Å². The zero-order valence-electron chi connectivity index (χ0n) is 31.4. The van der Waals surface area contributed by atoms with Gasteiger partial charge < -0.3 is 41.3 Å². The summed E-state index contributed by atoms with van der Waals surface area (Å²) in [7, 11) is 3.86. The van der Waals surface area contributed by atoms with Crippen LogP contribution in [0.4, 0.5) is 4.79 Å². The fourth-order valence-corrected chi connectivity index (χ4v) is 8.75. The Kier molecular flexibility index (Phi) is 22.0. The molecule has 1 aromatic carbocycles. The van der Waals surface area contributed by atoms with Gasteiger partial charge in [0.05, 0.1) is 12.1 Å². The lowest BCUT2D eigenvalue weighted by atomic mass is 10.0. The molecule has 4 unspecified atom stereocenters. The standard InChI is InChI=1S/C38H64N6O6S2/c1-44(2)26-30(45)27-50-32-16-8-7-14-29(32)15-13-24-51-25-23-41-36(48)19-6-4-12-21-39-34(46)18-5-3-11-22-40-35(47)20-10-9-17-33-37-31(28-52-33)42-38(49)43-37/h7-8,14,16,30-31,33,37,45H,3-6,9-13,15,17-28H2,1-2H3,(H,39,46)(H,40,47)(H,41,48)(H2,42,43,49). The fraction of sp³-hybridized carbons (Fsp3) is 0.737. The van der Waals surface area contributed by atoms with Gasteiger partial charge in [-0.05, 0) is 82.8 Å². The van der Waals surface area contributed by atoms with Crippen molar-refractivity contribution >= 4 is 47.3 Å². The number of rotatable bonds is 29. The Labute approximate surface area is 319 Å². The van der Waals surface area contributed by atoms with Crippen LogP contribution in [0.3, 0.4) is 0 Å². The Morgan fingerprint density at radius 2 is 1.50 bits per heavy atom. The molecule has 52 heavy (non-hydrogen) atoms. The van der Waals surface area contributed by atoms with Crippen molar-refractivity contribution in [3.8, 4) is 5.75 Å². The second-order valence-electron chi connectivity index (χ2n) is 14.1. The van der Waals surface area contributed by atoms with Gasteiger partial charge in [0.25, 0.3) is 0 Å². The van der Waals surface area contributed by atoms with Crippen LogP contribution in [0.15, 0.2) is 24.3 Å². The van der Waals surface area contributed by atoms with E-state index >= 15 is 0 Å². The van der Waals surface area contributed by atoms with Gasteiger partial charge in [-0.1, -0.05) is 37.5 Å². The summed E-state index contributed by atoms with van der Waals surface area (Å²) in [5.74, 6) is 3.91. The van der Waals surface area contributed by atoms with E-state index < -0.39 is 6.10 Å². The number of nitrogens with zero attached hydrogens (tertiary/aromatic N) is 1. The van der Waals surface area contributed by atoms with E-state index in [0.29, 0.717) is 50.7 Å². The van der Waals surface area contributed by atoms with Crippen LogP contribution in [-0.4, -0.2) is 121 Å². The van der Waals surface area contributed by atoms with Crippen molar-refractivity contribution in [1.29, 1.82) is 0 Å². The van der Waals surface area contributed by atoms with E-state index in [2.05, 4.69) is 32.7 Å². The third-order valence-corrected chi connectivity index (χ3v) is 11.7. The van der Waals surface area contributed by atoms with Gasteiger partial charge in [-0.15, -0.1) is 0 Å². The second-order valence-corrected chi connectivity index (χ2v) is 16.6. The largest absolute Gasteiger partial charge is 0.491 e. The number of urea groups is 1. The van der Waals surface area contributed by atoms with Gasteiger partial charge in [-0.2, -0.15) is 23.5 Å². The third kappa shape index (κ3) is 18.9. The average molecular weight is 765 g/mol. The van der Waals surface area contributed by atoms with Crippen molar-refractivity contribution < 1.29 is 29.0 Å². The minimum absolute atomic E-state index is 0.0594. The molecule has 294 valence electrons. The molecular weight excluding hydrogens is 701 g/mol. The number of unbranched alkanes of at least 4 members (excludes halogenated alkanes) is 5. The Balaban J connectivity index is 1.04. The van der Waals surface area contributed by atoms with Gasteiger partial charge in [0.15, 0.2) is 0 Å². The number of benzene rings is 1. The number of nitrogens with one attached hydrogen (secondary N) is 5. The van der Waals surface area contributed by atoms with Crippen molar-refractivity contribution in [1.82, 2.24) is 31.5 Å². The number of hydrogen-bond donors (Lipinski definition) is 6. The number of para-hydroxylation sites is 1. The van der Waals surface area contributed by atoms with Crippen molar-refractivity contribution in [2.24, 2.45) is 0 Å². The summed E-state index contributed by atoms with van der Waals surface area (Å²) in [4.78, 5) is 49.9. The van der Waals surface area contributed by atoms with Gasteiger partial charge in [-0.25, -0.2) is 4.79 Å². The third-order valence-electron chi connectivity index (χ3n) is 9.17. The van der Waals surface area contributed by atoms with Crippen molar-refractivity contribution in [2.45, 2.75) is 113 Å². The topological polar surface area (TPSA) is 161 Å². The summed E-state index contributed by atoms with van der Waals surface area (Å²) in [6, 6.07) is 8.41. The van der Waals surface area contributed by atoms with Gasteiger partial charge in [-0.3, -0.25) is 14.4 Å². The highest BCUT2D eigenvalue weighted by atomic mass is 32.2. The second kappa shape index (κ2) is 26.2. The van der Waals surface area contributed by atoms with Crippen LogP contribution in [-0.2, 0) is 20.8 Å². The molecule has 0 saturated carbocycles. The van der Waals surface area contributed by atoms with Gasteiger partial charge in [0.1, 0.15) is 18.5 Å². The van der Waals surface area contributed by atoms with E-state index in [-0.39, 0.29) is 42.4 Å². The van der Waals surface area contributed by atoms with Gasteiger partial charge >= 0.3 is 6.03 Å². The molecule has 12 nitrogen and oxygen atoms in total. The maximum atomic E-state index is 12.2. The monoisotopic (exact) mass is 764 g/mol. The molecule has 1 aromatic rings. The predicted molar refractivity (Wildman–Crippen MR) is 212 cm³/mol. The lowest BCUT2D eigenvalue weighted by Gasteiger charge is -2.18. The zero-order valence-corrected chi connectivity index (χ0v) is 33.1. The minimum atomic E-state index is -0.524. The summed E-state index contributed by atoms with van der Waals surface area (Å²) in [6.07, 6.45) is 10.9. The van der Waals surface area contributed by atoms with Crippen LogP contribution in [0.1, 0.15) is 89.0 Å². The number of thioether (sulfide) groups is 2. The van der Waals surface area contributed by atoms with Crippen LogP contribution in [0.25, 0.3) is 0 Å². The smallest absolute Gasteiger partial charge is 0.315 e. The molecule has 2 aliphatic rings. The normalized spacial score (nSPS) is 18.4. The number of amides is 5. The Hall–Kier alpha value is -2.68. The number of hydrogen-bond acceptors (Lipinski definition) is 9. The first kappa shape index (κ1) is 43.7. The van der Waals surface area contributed by atoms with Crippen LogP contribution in [0, 0.1) is 0 Å². The van der Waals surface area contributed by atoms with E-state index in [4.69, 9.17) is 4.74 Å². The number of aliphatic hydroxyl groups is 1. The Bertz CT molecular complexity index is 1210. The van der Waals surface area contributed by atoms with Crippen LogP contribution >= 0.6 is 23.5 Å². The quantitative estimate of drug-likeness (QED) is 0.0526. The van der Waals surface area contributed by atoms with E-state index in [9.17, 15) is 24.3 Å². The molecule has 0 aliphatic carbocycles. The number of aryl methyl sites for hydroxylation is 1. The van der Waals surface area contributed by atoms with E-state index in [1.54, 1.807) is 0 Å². The van der Waals surface area contributed by atoms with E-state index in [0.717, 1.165) is 99.2 Å². The molecule has 2 aliphatic heterocycles. The van der Waals surface area contributed by atoms with Crippen LogP contribution in [0.5, 0.6) is 5.75 Å². The molecular formula is C38H64N6O6S2. The fourth-order valence-electron chi connectivity index (χ4n) is 6.41. The number of fused-ring (bicyclic) bond motifs is 1. The maximum Gasteiger partial charge on any atom is 0.315 e. The number of carbonyl (C=O) groups excluding carboxylic acids is 4. The van der Waals surface area contributed by atoms with Crippen LogP contribution in [0.2, 0.25) is 0 Å². The SMILES string of the molecule is CN(C)CC(O)COc1ccccc1CCCSCCNC(=O)CCCCCNC(=O)CCCCCNC(=O)CCCCC1SCC2NC(=O)NC21. The molecule has 6 N–H and O–H groups in total. The molecule has 5 amide bonds. The molecule has 0 radical (unpaired) electrons. The Morgan fingerprint density at radius 3 is 2.17 bits per heavy atom. The van der Waals surface area contributed by atoms with Crippen LogP contribution < -0.4 is 31.3 Å². The lowest BCUT2D eigenvalue weighted by molar-refractivity contribution is -0.122. The zero-order chi connectivity index (χ0) is 37.4.